The number of amides is 1. The first-order valence-electron chi connectivity index (χ1n) is 5.60. The largest absolute Gasteiger partial charge is 0.323 e. The molecule has 0 saturated heterocycles. The van der Waals surface area contributed by atoms with Crippen molar-refractivity contribution in [3.63, 3.8) is 0 Å². The summed E-state index contributed by atoms with van der Waals surface area (Å²) in [4.78, 5) is 16.2. The van der Waals surface area contributed by atoms with Gasteiger partial charge in [-0.05, 0) is 19.2 Å². The number of carbonyl (C=O) groups excluding carboxylic acids is 1. The van der Waals surface area contributed by atoms with Crippen LogP contribution in [0.1, 0.15) is 6.92 Å². The molecule has 1 heterocycles. The van der Waals surface area contributed by atoms with Gasteiger partial charge >= 0.3 is 0 Å². The van der Waals surface area contributed by atoms with Crippen molar-refractivity contribution in [1.82, 2.24) is 10.3 Å². The Morgan fingerprint density at radius 1 is 1.56 bits per heavy atom. The van der Waals surface area contributed by atoms with Crippen LogP contribution in [0.4, 0.5) is 5.69 Å². The van der Waals surface area contributed by atoms with Gasteiger partial charge in [-0.15, -0.1) is 11.3 Å². The summed E-state index contributed by atoms with van der Waals surface area (Å²) in [6, 6.07) is 3.68. The van der Waals surface area contributed by atoms with E-state index in [0.717, 1.165) is 10.2 Å². The van der Waals surface area contributed by atoms with E-state index in [1.165, 1.54) is 11.3 Å². The number of thiazole rings is 1. The molecule has 0 spiro atoms. The molecule has 1 amide bonds. The predicted octanol–water partition coefficient (Wildman–Crippen LogP) is 2.74. The molecule has 0 aliphatic rings. The molecule has 2 aromatic rings. The van der Waals surface area contributed by atoms with Crippen molar-refractivity contribution in [1.29, 1.82) is 0 Å². The van der Waals surface area contributed by atoms with Crippen molar-refractivity contribution in [2.24, 2.45) is 5.92 Å². The smallest absolute Gasteiger partial charge is 0.228 e. The number of anilines is 1. The molecule has 1 unspecified atom stereocenters. The highest BCUT2D eigenvalue weighted by Gasteiger charge is 2.16. The van der Waals surface area contributed by atoms with Crippen LogP contribution >= 0.6 is 22.9 Å². The lowest BCUT2D eigenvalue weighted by molar-refractivity contribution is -0.119. The quantitative estimate of drug-likeness (QED) is 0.907. The van der Waals surface area contributed by atoms with E-state index >= 15 is 0 Å². The highest BCUT2D eigenvalue weighted by molar-refractivity contribution is 7.16. The van der Waals surface area contributed by atoms with Gasteiger partial charge in [-0.3, -0.25) is 4.79 Å². The minimum atomic E-state index is -0.125. The molecule has 0 fully saturated rings. The second kappa shape index (κ2) is 5.65. The summed E-state index contributed by atoms with van der Waals surface area (Å²) in [7, 11) is 1.82. The monoisotopic (exact) mass is 283 g/mol. The summed E-state index contributed by atoms with van der Waals surface area (Å²) in [6.45, 7) is 2.48. The molecule has 0 aliphatic heterocycles. The molecule has 1 aromatic carbocycles. The highest BCUT2D eigenvalue weighted by Crippen LogP contribution is 2.32. The van der Waals surface area contributed by atoms with Crippen LogP contribution in [0.25, 0.3) is 10.2 Å². The van der Waals surface area contributed by atoms with Gasteiger partial charge in [0.2, 0.25) is 5.91 Å². The first-order valence-corrected chi connectivity index (χ1v) is 6.86. The van der Waals surface area contributed by atoms with Crippen LogP contribution in [0.2, 0.25) is 5.02 Å². The number of aromatic nitrogens is 1. The third-order valence-electron chi connectivity index (χ3n) is 2.66. The van der Waals surface area contributed by atoms with Gasteiger partial charge in [0.1, 0.15) is 5.52 Å². The molecule has 0 saturated carbocycles. The van der Waals surface area contributed by atoms with Crippen molar-refractivity contribution in [2.75, 3.05) is 18.9 Å². The second-order valence-corrected chi connectivity index (χ2v) is 5.36. The SMILES string of the molecule is CNCC(C)C(=O)Nc1c(Cl)ccc2scnc12. The summed E-state index contributed by atoms with van der Waals surface area (Å²) < 4.78 is 1.01. The summed E-state index contributed by atoms with van der Waals surface area (Å²) in [5.41, 5.74) is 3.09. The summed E-state index contributed by atoms with van der Waals surface area (Å²) in [5.74, 6) is -0.188. The molecule has 18 heavy (non-hydrogen) atoms. The van der Waals surface area contributed by atoms with Crippen LogP contribution in [0.5, 0.6) is 0 Å². The van der Waals surface area contributed by atoms with Crippen LogP contribution in [0, 0.1) is 5.92 Å². The molecule has 2 rings (SSSR count). The first-order chi connectivity index (χ1) is 8.63. The van der Waals surface area contributed by atoms with Gasteiger partial charge in [-0.25, -0.2) is 4.98 Å². The Balaban J connectivity index is 2.28. The molecule has 1 aromatic heterocycles. The standard InChI is InChI=1S/C12H14ClN3OS/c1-7(5-14-2)12(17)16-10-8(13)3-4-9-11(10)15-6-18-9/h3-4,6-7,14H,5H2,1-2H3,(H,16,17). The summed E-state index contributed by atoms with van der Waals surface area (Å²) in [6.07, 6.45) is 0. The zero-order valence-corrected chi connectivity index (χ0v) is 11.7. The maximum absolute atomic E-state index is 12.0. The van der Waals surface area contributed by atoms with Crippen LogP contribution < -0.4 is 10.6 Å². The number of halogens is 1. The molecule has 2 N–H and O–H groups in total. The minimum Gasteiger partial charge on any atom is -0.323 e. The van der Waals surface area contributed by atoms with E-state index in [1.807, 2.05) is 20.0 Å². The molecule has 0 aliphatic carbocycles. The Morgan fingerprint density at radius 3 is 3.06 bits per heavy atom. The maximum Gasteiger partial charge on any atom is 0.228 e. The van der Waals surface area contributed by atoms with E-state index in [2.05, 4.69) is 15.6 Å². The molecule has 0 radical (unpaired) electrons. The van der Waals surface area contributed by atoms with Crippen molar-refractivity contribution >= 4 is 44.7 Å². The van der Waals surface area contributed by atoms with E-state index in [-0.39, 0.29) is 11.8 Å². The molecule has 1 atom stereocenters. The van der Waals surface area contributed by atoms with Gasteiger partial charge in [-0.2, -0.15) is 0 Å². The van der Waals surface area contributed by atoms with E-state index in [4.69, 9.17) is 11.6 Å². The van der Waals surface area contributed by atoms with E-state index in [1.54, 1.807) is 11.6 Å². The zero-order valence-electron chi connectivity index (χ0n) is 10.2. The van der Waals surface area contributed by atoms with Gasteiger partial charge in [0.25, 0.3) is 0 Å². The topological polar surface area (TPSA) is 54.0 Å². The third-order valence-corrected chi connectivity index (χ3v) is 3.77. The Kier molecular flexibility index (Phi) is 4.16. The Hall–Kier alpha value is -1.17. The van der Waals surface area contributed by atoms with Crippen molar-refractivity contribution in [3.05, 3.63) is 22.7 Å². The van der Waals surface area contributed by atoms with Crippen LogP contribution in [0.3, 0.4) is 0 Å². The second-order valence-electron chi connectivity index (χ2n) is 4.07. The highest BCUT2D eigenvalue weighted by atomic mass is 35.5. The number of hydrogen-bond acceptors (Lipinski definition) is 4. The zero-order chi connectivity index (χ0) is 13.1. The number of fused-ring (bicyclic) bond motifs is 1. The Bertz CT molecular complexity index is 569. The van der Waals surface area contributed by atoms with Crippen LogP contribution in [-0.4, -0.2) is 24.5 Å². The fraction of sp³-hybridized carbons (Fsp3) is 0.333. The Labute approximate surface area is 114 Å². The van der Waals surface area contributed by atoms with Crippen molar-refractivity contribution in [2.45, 2.75) is 6.92 Å². The van der Waals surface area contributed by atoms with Crippen molar-refractivity contribution in [3.8, 4) is 0 Å². The van der Waals surface area contributed by atoms with Gasteiger partial charge in [-0.1, -0.05) is 18.5 Å². The molecule has 0 bridgehead atoms. The average molecular weight is 284 g/mol. The first kappa shape index (κ1) is 13.3. The molecule has 4 nitrogen and oxygen atoms in total. The molecular weight excluding hydrogens is 270 g/mol. The van der Waals surface area contributed by atoms with Crippen molar-refractivity contribution < 1.29 is 4.79 Å². The number of nitrogens with one attached hydrogen (secondary N) is 2. The minimum absolute atomic E-state index is 0.0632. The molecular formula is C12H14ClN3OS. The molecule has 96 valence electrons. The van der Waals surface area contributed by atoms with Gasteiger partial charge in [0, 0.05) is 12.5 Å². The number of carbonyl (C=O) groups is 1. The van der Waals surface area contributed by atoms with Gasteiger partial charge in [0.15, 0.2) is 0 Å². The van der Waals surface area contributed by atoms with E-state index < -0.39 is 0 Å². The lowest BCUT2D eigenvalue weighted by Gasteiger charge is -2.13. The predicted molar refractivity (Wildman–Crippen MR) is 76.4 cm³/mol. The lowest BCUT2D eigenvalue weighted by atomic mass is 10.1. The van der Waals surface area contributed by atoms with Gasteiger partial charge < -0.3 is 10.6 Å². The number of hydrogen-bond donors (Lipinski definition) is 2. The molecule has 6 heteroatoms. The number of benzene rings is 1. The fourth-order valence-corrected chi connectivity index (χ4v) is 2.56. The summed E-state index contributed by atoms with van der Waals surface area (Å²) >= 11 is 7.64. The third kappa shape index (κ3) is 2.63. The van der Waals surface area contributed by atoms with E-state index in [0.29, 0.717) is 17.3 Å². The average Bonchev–Trinajstić information content (AvgIpc) is 2.81. The number of nitrogens with zero attached hydrogens (tertiary/aromatic N) is 1. The number of rotatable bonds is 4. The van der Waals surface area contributed by atoms with Gasteiger partial charge in [0.05, 0.1) is 20.9 Å². The van der Waals surface area contributed by atoms with E-state index in [9.17, 15) is 4.79 Å². The van der Waals surface area contributed by atoms with Crippen LogP contribution in [0.15, 0.2) is 17.6 Å². The summed E-state index contributed by atoms with van der Waals surface area (Å²) in [5, 5.41) is 6.34. The van der Waals surface area contributed by atoms with Crippen LogP contribution in [-0.2, 0) is 4.79 Å². The lowest BCUT2D eigenvalue weighted by Crippen LogP contribution is -2.28. The normalized spacial score (nSPS) is 12.6. The maximum atomic E-state index is 12.0. The Morgan fingerprint density at radius 2 is 2.33 bits per heavy atom. The fourth-order valence-electron chi connectivity index (χ4n) is 1.67.